The largest absolute Gasteiger partial charge is 0.465 e. The molecule has 40 heavy (non-hydrogen) atoms. The number of amides is 2. The molecule has 0 radical (unpaired) electrons. The second kappa shape index (κ2) is 10.9. The maximum Gasteiger partial charge on any atom is 0.407 e. The fourth-order valence-corrected chi connectivity index (χ4v) is 5.01. The SMILES string of the molecule is Cc1cc(-c2ccncc2N2CCN(C(=O)O)C(C(C)(C)C)C2)ccc1CN(C)C(=O)c1noc(C(C)(C)C)n1. The first-order valence-electron chi connectivity index (χ1n) is 13.5. The third-order valence-electron chi connectivity index (χ3n) is 7.43. The third-order valence-corrected chi connectivity index (χ3v) is 7.43. The van der Waals surface area contributed by atoms with Crippen molar-refractivity contribution in [1.29, 1.82) is 0 Å². The molecule has 3 aromatic rings. The average Bonchev–Trinajstić information content (AvgIpc) is 3.39. The van der Waals surface area contributed by atoms with Crippen LogP contribution in [-0.4, -0.2) is 74.8 Å². The summed E-state index contributed by atoms with van der Waals surface area (Å²) in [6.45, 7) is 16.1. The Hall–Kier alpha value is -3.95. The van der Waals surface area contributed by atoms with Crippen LogP contribution < -0.4 is 4.90 Å². The summed E-state index contributed by atoms with van der Waals surface area (Å²) in [7, 11) is 1.73. The van der Waals surface area contributed by atoms with E-state index in [4.69, 9.17) is 4.52 Å². The highest BCUT2D eigenvalue weighted by Crippen LogP contribution is 2.35. The van der Waals surface area contributed by atoms with Crippen molar-refractivity contribution in [2.75, 3.05) is 31.6 Å². The van der Waals surface area contributed by atoms with Gasteiger partial charge in [-0.15, -0.1) is 0 Å². The van der Waals surface area contributed by atoms with E-state index in [1.807, 2.05) is 46.0 Å². The summed E-state index contributed by atoms with van der Waals surface area (Å²) in [4.78, 5) is 38.9. The molecule has 0 aliphatic carbocycles. The smallest absolute Gasteiger partial charge is 0.407 e. The van der Waals surface area contributed by atoms with Crippen LogP contribution in [0.25, 0.3) is 11.1 Å². The van der Waals surface area contributed by atoms with Crippen molar-refractivity contribution in [1.82, 2.24) is 24.9 Å². The Labute approximate surface area is 236 Å². The molecule has 0 saturated carbocycles. The molecule has 10 heteroatoms. The number of carbonyl (C=O) groups is 2. The summed E-state index contributed by atoms with van der Waals surface area (Å²) < 4.78 is 5.29. The van der Waals surface area contributed by atoms with Gasteiger partial charge in [-0.1, -0.05) is 64.9 Å². The van der Waals surface area contributed by atoms with E-state index in [9.17, 15) is 14.7 Å². The van der Waals surface area contributed by atoms with Crippen LogP contribution >= 0.6 is 0 Å². The molecular formula is C30H40N6O4. The first-order chi connectivity index (χ1) is 18.7. The molecule has 0 spiro atoms. The van der Waals surface area contributed by atoms with Gasteiger partial charge in [0.15, 0.2) is 0 Å². The normalized spacial score (nSPS) is 16.2. The van der Waals surface area contributed by atoms with Crippen LogP contribution in [0.5, 0.6) is 0 Å². The molecule has 4 rings (SSSR count). The first-order valence-corrected chi connectivity index (χ1v) is 13.5. The maximum absolute atomic E-state index is 13.0. The van der Waals surface area contributed by atoms with E-state index in [-0.39, 0.29) is 28.6 Å². The van der Waals surface area contributed by atoms with Gasteiger partial charge in [-0.3, -0.25) is 9.78 Å². The van der Waals surface area contributed by atoms with Crippen molar-refractivity contribution >= 4 is 17.7 Å². The molecular weight excluding hydrogens is 508 g/mol. The Morgan fingerprint density at radius 3 is 2.45 bits per heavy atom. The Balaban J connectivity index is 1.54. The number of carbonyl (C=O) groups excluding carboxylic acids is 1. The zero-order valence-corrected chi connectivity index (χ0v) is 24.7. The number of aryl methyl sites for hydroxylation is 1. The minimum atomic E-state index is -0.880. The predicted molar refractivity (Wildman–Crippen MR) is 153 cm³/mol. The van der Waals surface area contributed by atoms with Crippen LogP contribution in [0.2, 0.25) is 0 Å². The Kier molecular flexibility index (Phi) is 7.92. The molecule has 3 heterocycles. The number of hydrogen-bond donors (Lipinski definition) is 1. The number of anilines is 1. The second-order valence-electron chi connectivity index (χ2n) is 12.7. The Bertz CT molecular complexity index is 1390. The molecule has 214 valence electrons. The minimum absolute atomic E-state index is 0.0553. The fourth-order valence-electron chi connectivity index (χ4n) is 5.01. The number of aromatic nitrogens is 3. The summed E-state index contributed by atoms with van der Waals surface area (Å²) in [6.07, 6.45) is 2.76. The summed E-state index contributed by atoms with van der Waals surface area (Å²) >= 11 is 0. The van der Waals surface area contributed by atoms with Gasteiger partial charge in [-0.2, -0.15) is 4.98 Å². The van der Waals surface area contributed by atoms with Gasteiger partial charge in [-0.05, 0) is 35.1 Å². The molecule has 1 N–H and O–H groups in total. The van der Waals surface area contributed by atoms with Crippen LogP contribution in [0.4, 0.5) is 10.5 Å². The lowest BCUT2D eigenvalue weighted by Crippen LogP contribution is -2.59. The van der Waals surface area contributed by atoms with Gasteiger partial charge in [-0.25, -0.2) is 4.79 Å². The van der Waals surface area contributed by atoms with Crippen molar-refractivity contribution in [3.63, 3.8) is 0 Å². The number of carboxylic acid groups (broad SMARTS) is 1. The van der Waals surface area contributed by atoms with E-state index >= 15 is 0 Å². The van der Waals surface area contributed by atoms with E-state index in [0.717, 1.165) is 27.9 Å². The molecule has 2 amide bonds. The average molecular weight is 549 g/mol. The van der Waals surface area contributed by atoms with Gasteiger partial charge < -0.3 is 24.3 Å². The number of pyridine rings is 1. The number of benzene rings is 1. The lowest BCUT2D eigenvalue weighted by Gasteiger charge is -2.47. The van der Waals surface area contributed by atoms with Crippen molar-refractivity contribution in [3.05, 3.63) is 59.5 Å². The second-order valence-corrected chi connectivity index (χ2v) is 12.7. The van der Waals surface area contributed by atoms with E-state index in [1.165, 1.54) is 0 Å². The Morgan fingerprint density at radius 1 is 1.12 bits per heavy atom. The molecule has 2 aromatic heterocycles. The topological polar surface area (TPSA) is 116 Å². The van der Waals surface area contributed by atoms with Gasteiger partial charge >= 0.3 is 6.09 Å². The number of rotatable bonds is 5. The third kappa shape index (κ3) is 6.11. The predicted octanol–water partition coefficient (Wildman–Crippen LogP) is 5.22. The standard InChI is InChI=1S/C30H40N6O4/c1-19-15-20(9-10-21(19)17-34(8)26(37)25-32-27(40-33-25)30(5,6)7)22-11-12-31-16-23(22)35-13-14-36(28(38)39)24(18-35)29(2,3)4/h9-12,15-16,24H,13-14,17-18H2,1-8H3,(H,38,39). The number of hydrogen-bond acceptors (Lipinski definition) is 7. The summed E-state index contributed by atoms with van der Waals surface area (Å²) in [6, 6.07) is 8.06. The van der Waals surface area contributed by atoms with E-state index in [2.05, 4.69) is 52.9 Å². The highest BCUT2D eigenvalue weighted by molar-refractivity contribution is 5.90. The van der Waals surface area contributed by atoms with Gasteiger partial charge in [0, 0.05) is 50.4 Å². The van der Waals surface area contributed by atoms with E-state index < -0.39 is 6.09 Å². The van der Waals surface area contributed by atoms with Gasteiger partial charge in [0.1, 0.15) is 0 Å². The fraction of sp³-hybridized carbons (Fsp3) is 0.500. The molecule has 1 atom stereocenters. The minimum Gasteiger partial charge on any atom is -0.465 e. The zero-order valence-electron chi connectivity index (χ0n) is 24.7. The van der Waals surface area contributed by atoms with Crippen LogP contribution in [0.15, 0.2) is 41.2 Å². The molecule has 1 aliphatic rings. The maximum atomic E-state index is 13.0. The van der Waals surface area contributed by atoms with Crippen molar-refractivity contribution in [3.8, 4) is 11.1 Å². The lowest BCUT2D eigenvalue weighted by molar-refractivity contribution is 0.0747. The van der Waals surface area contributed by atoms with Crippen molar-refractivity contribution in [2.45, 2.75) is 66.5 Å². The zero-order chi connectivity index (χ0) is 29.4. The van der Waals surface area contributed by atoms with Gasteiger partial charge in [0.25, 0.3) is 11.7 Å². The van der Waals surface area contributed by atoms with Crippen molar-refractivity contribution in [2.24, 2.45) is 5.41 Å². The number of nitrogens with zero attached hydrogens (tertiary/aromatic N) is 6. The van der Waals surface area contributed by atoms with Crippen LogP contribution in [0.3, 0.4) is 0 Å². The summed E-state index contributed by atoms with van der Waals surface area (Å²) in [5.41, 5.74) is 4.56. The lowest BCUT2D eigenvalue weighted by atomic mass is 9.84. The van der Waals surface area contributed by atoms with Crippen LogP contribution in [-0.2, 0) is 12.0 Å². The number of piperazine rings is 1. The molecule has 1 aromatic carbocycles. The Morgan fingerprint density at radius 2 is 1.85 bits per heavy atom. The van der Waals surface area contributed by atoms with E-state index in [1.54, 1.807) is 23.0 Å². The molecule has 10 nitrogen and oxygen atoms in total. The van der Waals surface area contributed by atoms with Crippen LogP contribution in [0.1, 0.15) is 69.2 Å². The summed E-state index contributed by atoms with van der Waals surface area (Å²) in [5.74, 6) is 0.184. The monoisotopic (exact) mass is 548 g/mol. The highest BCUT2D eigenvalue weighted by Gasteiger charge is 2.38. The molecule has 0 bridgehead atoms. The summed E-state index contributed by atoms with van der Waals surface area (Å²) in [5, 5.41) is 13.7. The quantitative estimate of drug-likeness (QED) is 0.461. The highest BCUT2D eigenvalue weighted by atomic mass is 16.5. The molecule has 1 unspecified atom stereocenters. The van der Waals surface area contributed by atoms with Gasteiger partial charge in [0.05, 0.1) is 17.9 Å². The molecule has 1 saturated heterocycles. The molecule has 1 fully saturated rings. The van der Waals surface area contributed by atoms with Crippen LogP contribution in [0, 0.1) is 12.3 Å². The first kappa shape index (κ1) is 29.0. The van der Waals surface area contributed by atoms with Crippen molar-refractivity contribution < 1.29 is 19.2 Å². The molecule has 1 aliphatic heterocycles. The van der Waals surface area contributed by atoms with E-state index in [0.29, 0.717) is 32.1 Å². The van der Waals surface area contributed by atoms with Gasteiger partial charge in [0.2, 0.25) is 5.89 Å².